The van der Waals surface area contributed by atoms with Crippen molar-refractivity contribution in [2.75, 3.05) is 13.6 Å². The Kier molecular flexibility index (Phi) is 6.19. The predicted octanol–water partition coefficient (Wildman–Crippen LogP) is 1.84. The first-order valence-corrected chi connectivity index (χ1v) is 10.3. The Labute approximate surface area is 180 Å². The Balaban J connectivity index is 1.46. The van der Waals surface area contributed by atoms with Crippen molar-refractivity contribution in [3.8, 4) is 0 Å². The summed E-state index contributed by atoms with van der Waals surface area (Å²) in [4.78, 5) is 33.4. The number of carbonyl (C=O) groups excluding carboxylic acids is 1. The summed E-state index contributed by atoms with van der Waals surface area (Å²) in [5.74, 6) is 0.495. The number of amides is 1. The summed E-state index contributed by atoms with van der Waals surface area (Å²) in [7, 11) is 1.91. The van der Waals surface area contributed by atoms with Crippen LogP contribution in [0.1, 0.15) is 23.0 Å². The van der Waals surface area contributed by atoms with Gasteiger partial charge in [0.1, 0.15) is 6.54 Å². The average Bonchev–Trinajstić information content (AvgIpc) is 2.78. The third-order valence-corrected chi connectivity index (χ3v) is 5.16. The minimum Gasteiger partial charge on any atom is -0.340 e. The number of fused-ring (bicyclic) bond motifs is 1. The summed E-state index contributed by atoms with van der Waals surface area (Å²) < 4.78 is 0. The number of para-hydroxylation sites is 1. The van der Waals surface area contributed by atoms with Gasteiger partial charge >= 0.3 is 0 Å². The van der Waals surface area contributed by atoms with Crippen LogP contribution in [0.15, 0.2) is 89.7 Å². The second kappa shape index (κ2) is 9.36. The van der Waals surface area contributed by atoms with Gasteiger partial charge in [-0.05, 0) is 23.3 Å². The van der Waals surface area contributed by atoms with Crippen LogP contribution in [-0.4, -0.2) is 29.5 Å². The summed E-state index contributed by atoms with van der Waals surface area (Å²) in [6.07, 6.45) is 0. The van der Waals surface area contributed by atoms with Crippen molar-refractivity contribution < 1.29 is 9.69 Å². The molecule has 1 aromatic heterocycles. The number of nitrogens with zero attached hydrogens (tertiary/aromatic N) is 1. The van der Waals surface area contributed by atoms with E-state index in [1.807, 2.05) is 85.9 Å². The summed E-state index contributed by atoms with van der Waals surface area (Å²) in [5.41, 5.74) is 2.55. The zero-order valence-corrected chi connectivity index (χ0v) is 17.3. The number of rotatable bonds is 7. The standard InChI is InChI=1S/C25H24N4O2/c1-29(16-22-26-21-15-9-8-14-20(21)25(31)27-22)17-23(30)28-24(18-10-4-2-5-11-18)19-12-6-3-7-13-19/h2-15,24H,16-17H2,1H3,(H,28,30)(H,26,27,31)/p+1. The van der Waals surface area contributed by atoms with Gasteiger partial charge in [0.05, 0.1) is 24.0 Å². The molecular weight excluding hydrogens is 388 g/mol. The van der Waals surface area contributed by atoms with Gasteiger partial charge in [-0.1, -0.05) is 72.8 Å². The van der Waals surface area contributed by atoms with E-state index in [1.165, 1.54) is 0 Å². The fourth-order valence-corrected chi connectivity index (χ4v) is 3.70. The van der Waals surface area contributed by atoms with Gasteiger partial charge in [0.25, 0.3) is 11.5 Å². The number of likely N-dealkylation sites (N-methyl/N-ethyl adjacent to an activating group) is 1. The normalized spacial score (nSPS) is 12.1. The molecule has 1 atom stereocenters. The van der Waals surface area contributed by atoms with E-state index in [9.17, 15) is 9.59 Å². The fourth-order valence-electron chi connectivity index (χ4n) is 3.70. The highest BCUT2D eigenvalue weighted by Crippen LogP contribution is 2.21. The molecule has 0 fully saturated rings. The average molecular weight is 414 g/mol. The maximum Gasteiger partial charge on any atom is 0.275 e. The number of hydrogen-bond acceptors (Lipinski definition) is 3. The maximum atomic E-state index is 12.9. The Bertz CT molecular complexity index is 1180. The molecule has 4 rings (SSSR count). The number of quaternary nitrogens is 1. The molecule has 4 aromatic rings. The SMILES string of the molecule is C[NH+](CC(=O)NC(c1ccccc1)c1ccccc1)Cc1nc2ccccc2c(=O)[nH]1. The number of aromatic amines is 1. The lowest BCUT2D eigenvalue weighted by molar-refractivity contribution is -0.886. The van der Waals surface area contributed by atoms with Crippen LogP contribution in [0.3, 0.4) is 0 Å². The van der Waals surface area contributed by atoms with Crippen molar-refractivity contribution in [2.45, 2.75) is 12.6 Å². The molecule has 1 amide bonds. The van der Waals surface area contributed by atoms with Crippen molar-refractivity contribution >= 4 is 16.8 Å². The van der Waals surface area contributed by atoms with Crippen LogP contribution in [-0.2, 0) is 11.3 Å². The second-order valence-electron chi connectivity index (χ2n) is 7.66. The van der Waals surface area contributed by atoms with Crippen molar-refractivity contribution in [2.24, 2.45) is 0 Å². The lowest BCUT2D eigenvalue weighted by Gasteiger charge is -2.21. The molecule has 156 valence electrons. The lowest BCUT2D eigenvalue weighted by Crippen LogP contribution is -3.09. The monoisotopic (exact) mass is 413 g/mol. The fraction of sp³-hybridized carbons (Fsp3) is 0.160. The van der Waals surface area contributed by atoms with E-state index < -0.39 is 0 Å². The van der Waals surface area contributed by atoms with Crippen molar-refractivity contribution in [1.82, 2.24) is 15.3 Å². The van der Waals surface area contributed by atoms with Gasteiger partial charge in [-0.25, -0.2) is 4.98 Å². The number of hydrogen-bond donors (Lipinski definition) is 3. The highest BCUT2D eigenvalue weighted by molar-refractivity contribution is 5.78. The highest BCUT2D eigenvalue weighted by atomic mass is 16.2. The van der Waals surface area contributed by atoms with Gasteiger partial charge in [-0.3, -0.25) is 9.59 Å². The number of benzene rings is 3. The largest absolute Gasteiger partial charge is 0.340 e. The topological polar surface area (TPSA) is 79.3 Å². The first-order valence-electron chi connectivity index (χ1n) is 10.3. The van der Waals surface area contributed by atoms with Gasteiger partial charge in [-0.15, -0.1) is 0 Å². The zero-order valence-electron chi connectivity index (χ0n) is 17.3. The number of aromatic nitrogens is 2. The predicted molar refractivity (Wildman–Crippen MR) is 121 cm³/mol. The summed E-state index contributed by atoms with van der Waals surface area (Å²) in [6, 6.07) is 26.9. The molecule has 0 saturated carbocycles. The highest BCUT2D eigenvalue weighted by Gasteiger charge is 2.19. The molecule has 6 heteroatoms. The van der Waals surface area contributed by atoms with Crippen LogP contribution < -0.4 is 15.8 Å². The Hall–Kier alpha value is -3.77. The maximum absolute atomic E-state index is 12.9. The van der Waals surface area contributed by atoms with Crippen LogP contribution in [0.25, 0.3) is 10.9 Å². The molecule has 0 saturated heterocycles. The van der Waals surface area contributed by atoms with Crippen LogP contribution >= 0.6 is 0 Å². The second-order valence-corrected chi connectivity index (χ2v) is 7.66. The van der Waals surface area contributed by atoms with Gasteiger partial charge in [0.15, 0.2) is 12.4 Å². The van der Waals surface area contributed by atoms with Crippen molar-refractivity contribution in [1.29, 1.82) is 0 Å². The number of nitrogens with one attached hydrogen (secondary N) is 3. The summed E-state index contributed by atoms with van der Waals surface area (Å²) >= 11 is 0. The molecule has 0 radical (unpaired) electrons. The van der Waals surface area contributed by atoms with E-state index in [1.54, 1.807) is 6.07 Å². The van der Waals surface area contributed by atoms with E-state index >= 15 is 0 Å². The Morgan fingerprint density at radius 3 is 2.16 bits per heavy atom. The first-order chi connectivity index (χ1) is 15.1. The number of H-pyrrole nitrogens is 1. The minimum atomic E-state index is -0.221. The Morgan fingerprint density at radius 1 is 0.935 bits per heavy atom. The van der Waals surface area contributed by atoms with Crippen LogP contribution in [0, 0.1) is 0 Å². The molecular formula is C25H25N4O2+. The van der Waals surface area contributed by atoms with Gasteiger partial charge in [-0.2, -0.15) is 0 Å². The van der Waals surface area contributed by atoms with E-state index in [4.69, 9.17) is 0 Å². The minimum absolute atomic E-state index is 0.0710. The molecule has 3 aromatic carbocycles. The smallest absolute Gasteiger partial charge is 0.275 e. The van der Waals surface area contributed by atoms with Crippen LogP contribution in [0.5, 0.6) is 0 Å². The molecule has 0 aliphatic heterocycles. The third kappa shape index (κ3) is 5.05. The molecule has 3 N–H and O–H groups in total. The molecule has 6 nitrogen and oxygen atoms in total. The number of carbonyl (C=O) groups is 1. The van der Waals surface area contributed by atoms with E-state index in [2.05, 4.69) is 15.3 Å². The van der Waals surface area contributed by atoms with E-state index in [0.29, 0.717) is 23.3 Å². The van der Waals surface area contributed by atoms with Gasteiger partial charge < -0.3 is 15.2 Å². The van der Waals surface area contributed by atoms with E-state index in [0.717, 1.165) is 16.0 Å². The lowest BCUT2D eigenvalue weighted by atomic mass is 9.99. The summed E-state index contributed by atoms with van der Waals surface area (Å²) in [6.45, 7) is 0.696. The molecule has 1 heterocycles. The summed E-state index contributed by atoms with van der Waals surface area (Å²) in [5, 5.41) is 3.72. The van der Waals surface area contributed by atoms with E-state index in [-0.39, 0.29) is 24.1 Å². The molecule has 1 unspecified atom stereocenters. The zero-order chi connectivity index (χ0) is 21.6. The van der Waals surface area contributed by atoms with Crippen molar-refractivity contribution in [3.05, 3.63) is 112 Å². The molecule has 0 aliphatic carbocycles. The molecule has 0 aliphatic rings. The van der Waals surface area contributed by atoms with Gasteiger partial charge in [0, 0.05) is 0 Å². The Morgan fingerprint density at radius 2 is 1.52 bits per heavy atom. The van der Waals surface area contributed by atoms with Crippen molar-refractivity contribution in [3.63, 3.8) is 0 Å². The van der Waals surface area contributed by atoms with Crippen LogP contribution in [0.2, 0.25) is 0 Å². The molecule has 31 heavy (non-hydrogen) atoms. The third-order valence-electron chi connectivity index (χ3n) is 5.16. The first kappa shape index (κ1) is 20.5. The molecule has 0 bridgehead atoms. The van der Waals surface area contributed by atoms with Gasteiger partial charge in [0.2, 0.25) is 0 Å². The quantitative estimate of drug-likeness (QED) is 0.433. The molecule has 0 spiro atoms. The van der Waals surface area contributed by atoms with Crippen LogP contribution in [0.4, 0.5) is 0 Å².